The third-order valence-corrected chi connectivity index (χ3v) is 7.48. The van der Waals surface area contributed by atoms with Crippen molar-refractivity contribution < 1.29 is 0 Å². The first-order chi connectivity index (χ1) is 5.81. The minimum absolute atomic E-state index is 0.409. The van der Waals surface area contributed by atoms with Crippen molar-refractivity contribution in [3.63, 3.8) is 0 Å². The topological polar surface area (TPSA) is 0 Å². The van der Waals surface area contributed by atoms with Crippen LogP contribution in [0.4, 0.5) is 0 Å². The summed E-state index contributed by atoms with van der Waals surface area (Å²) in [7, 11) is -1.32. The van der Waals surface area contributed by atoms with Crippen molar-refractivity contribution in [3.8, 4) is 11.5 Å². The van der Waals surface area contributed by atoms with Crippen LogP contribution in [0.1, 0.15) is 47.0 Å². The Bertz CT molecular complexity index is 197. The summed E-state index contributed by atoms with van der Waals surface area (Å²) in [6, 6.07) is 0. The zero-order chi connectivity index (χ0) is 10.5. The molecule has 0 aliphatic heterocycles. The molecule has 0 rings (SSSR count). The molecule has 0 unspecified atom stereocenters. The Morgan fingerprint density at radius 1 is 1.15 bits per heavy atom. The van der Waals surface area contributed by atoms with Gasteiger partial charge in [0.15, 0.2) is 0 Å². The van der Waals surface area contributed by atoms with Crippen molar-refractivity contribution in [3.05, 3.63) is 0 Å². The quantitative estimate of drug-likeness (QED) is 0.352. The van der Waals surface area contributed by atoms with Gasteiger partial charge >= 0.3 is 0 Å². The van der Waals surface area contributed by atoms with E-state index in [1.165, 1.54) is 12.8 Å². The second-order valence-corrected chi connectivity index (χ2v) is 10.3. The largest absolute Gasteiger partial charge is 0.137 e. The van der Waals surface area contributed by atoms with Crippen LogP contribution in [0.25, 0.3) is 0 Å². The molecule has 76 valence electrons. The molecule has 0 spiro atoms. The van der Waals surface area contributed by atoms with Crippen LogP contribution in [0, 0.1) is 11.5 Å². The van der Waals surface area contributed by atoms with Crippen molar-refractivity contribution in [1.29, 1.82) is 0 Å². The normalized spacial score (nSPS) is 12.2. The monoisotopic (exact) mass is 196 g/mol. The van der Waals surface area contributed by atoms with E-state index in [4.69, 9.17) is 0 Å². The number of hydrogen-bond donors (Lipinski definition) is 0. The van der Waals surface area contributed by atoms with Crippen LogP contribution in [-0.2, 0) is 0 Å². The lowest BCUT2D eigenvalue weighted by molar-refractivity contribution is 0.730. The van der Waals surface area contributed by atoms with Crippen molar-refractivity contribution in [2.45, 2.75) is 65.1 Å². The summed E-state index contributed by atoms with van der Waals surface area (Å²) >= 11 is 0. The summed E-state index contributed by atoms with van der Waals surface area (Å²) in [5.74, 6) is 3.34. The highest BCUT2D eigenvalue weighted by Gasteiger charge is 2.33. The summed E-state index contributed by atoms with van der Waals surface area (Å²) in [6.07, 6.45) is 3.59. The summed E-state index contributed by atoms with van der Waals surface area (Å²) < 4.78 is 0. The lowest BCUT2D eigenvalue weighted by atomic mass is 10.2. The Kier molecular flexibility index (Phi) is 4.78. The Morgan fingerprint density at radius 2 is 1.69 bits per heavy atom. The maximum absolute atomic E-state index is 3.52. The van der Waals surface area contributed by atoms with Gasteiger partial charge < -0.3 is 0 Å². The van der Waals surface area contributed by atoms with Crippen LogP contribution < -0.4 is 0 Å². The average Bonchev–Trinajstić information content (AvgIpc) is 1.96. The second kappa shape index (κ2) is 4.86. The van der Waals surface area contributed by atoms with Crippen LogP contribution >= 0.6 is 0 Å². The van der Waals surface area contributed by atoms with E-state index < -0.39 is 8.07 Å². The average molecular weight is 196 g/mol. The summed E-state index contributed by atoms with van der Waals surface area (Å²) in [5.41, 5.74) is 3.52. The van der Waals surface area contributed by atoms with Gasteiger partial charge in [0, 0.05) is 6.42 Å². The first kappa shape index (κ1) is 12.8. The van der Waals surface area contributed by atoms with Gasteiger partial charge in [0.2, 0.25) is 0 Å². The number of unbranched alkanes of at least 4 members (excludes halogenated alkanes) is 2. The van der Waals surface area contributed by atoms with E-state index >= 15 is 0 Å². The molecular weight excluding hydrogens is 172 g/mol. The molecule has 0 radical (unpaired) electrons. The fraction of sp³-hybridized carbons (Fsp3) is 0.833. The van der Waals surface area contributed by atoms with Crippen molar-refractivity contribution in [2.75, 3.05) is 0 Å². The van der Waals surface area contributed by atoms with E-state index in [1.54, 1.807) is 0 Å². The maximum atomic E-state index is 3.52. The van der Waals surface area contributed by atoms with Gasteiger partial charge in [0.25, 0.3) is 0 Å². The van der Waals surface area contributed by atoms with Gasteiger partial charge in [0.05, 0.1) is 0 Å². The second-order valence-electron chi connectivity index (χ2n) is 5.28. The summed E-state index contributed by atoms with van der Waals surface area (Å²) in [4.78, 5) is 0. The van der Waals surface area contributed by atoms with Crippen LogP contribution in [-0.4, -0.2) is 8.07 Å². The summed E-state index contributed by atoms with van der Waals surface area (Å²) in [6.45, 7) is 13.9. The van der Waals surface area contributed by atoms with Crippen LogP contribution in [0.15, 0.2) is 0 Å². The smallest absolute Gasteiger partial charge is 0.131 e. The standard InChI is InChI=1S/C12H24Si/c1-7-8-9-10-11-13(5,6)12(2,3)4/h7-9H2,1-6H3. The van der Waals surface area contributed by atoms with Gasteiger partial charge in [-0.3, -0.25) is 0 Å². The predicted octanol–water partition coefficient (Wildman–Crippen LogP) is 4.23. The third-order valence-electron chi connectivity index (χ3n) is 2.93. The minimum atomic E-state index is -1.32. The molecule has 0 aliphatic rings. The fourth-order valence-corrected chi connectivity index (χ4v) is 1.68. The molecule has 0 aromatic rings. The lowest BCUT2D eigenvalue weighted by Crippen LogP contribution is -2.35. The molecule has 0 heterocycles. The molecule has 0 aliphatic carbocycles. The van der Waals surface area contributed by atoms with Crippen LogP contribution in [0.5, 0.6) is 0 Å². The maximum Gasteiger partial charge on any atom is 0.137 e. The molecule has 0 amide bonds. The molecule has 0 N–H and O–H groups in total. The van der Waals surface area contributed by atoms with Gasteiger partial charge in [-0.1, -0.05) is 47.2 Å². The van der Waals surface area contributed by atoms with Crippen molar-refractivity contribution in [1.82, 2.24) is 0 Å². The van der Waals surface area contributed by atoms with Gasteiger partial charge in [-0.15, -0.1) is 11.5 Å². The minimum Gasteiger partial charge on any atom is -0.131 e. The van der Waals surface area contributed by atoms with Crippen LogP contribution in [0.2, 0.25) is 18.1 Å². The Hall–Kier alpha value is -0.223. The van der Waals surface area contributed by atoms with Gasteiger partial charge in [-0.25, -0.2) is 0 Å². The highest BCUT2D eigenvalue weighted by atomic mass is 28.3. The molecule has 13 heavy (non-hydrogen) atoms. The molecule has 0 saturated carbocycles. The van der Waals surface area contributed by atoms with E-state index in [2.05, 4.69) is 52.3 Å². The fourth-order valence-electron chi connectivity index (χ4n) is 0.736. The molecule has 0 aromatic carbocycles. The van der Waals surface area contributed by atoms with Gasteiger partial charge in [-0.05, 0) is 11.5 Å². The van der Waals surface area contributed by atoms with Crippen molar-refractivity contribution in [2.24, 2.45) is 0 Å². The van der Waals surface area contributed by atoms with E-state index in [0.717, 1.165) is 6.42 Å². The molecule has 1 heteroatoms. The van der Waals surface area contributed by atoms with E-state index in [1.807, 2.05) is 0 Å². The number of hydrogen-bond acceptors (Lipinski definition) is 0. The van der Waals surface area contributed by atoms with Crippen molar-refractivity contribution >= 4 is 8.07 Å². The Balaban J connectivity index is 4.21. The molecule has 0 saturated heterocycles. The first-order valence-electron chi connectivity index (χ1n) is 5.31. The lowest BCUT2D eigenvalue weighted by Gasteiger charge is -2.31. The molecule has 0 atom stereocenters. The third kappa shape index (κ3) is 4.52. The Labute approximate surface area is 85.1 Å². The molecule has 0 fully saturated rings. The highest BCUT2D eigenvalue weighted by Crippen LogP contribution is 2.35. The van der Waals surface area contributed by atoms with E-state index in [0.29, 0.717) is 5.04 Å². The molecule has 0 bridgehead atoms. The zero-order valence-electron chi connectivity index (χ0n) is 10.1. The summed E-state index contributed by atoms with van der Waals surface area (Å²) in [5, 5.41) is 0.409. The molecule has 0 aromatic heterocycles. The first-order valence-corrected chi connectivity index (χ1v) is 8.31. The predicted molar refractivity (Wildman–Crippen MR) is 64.5 cm³/mol. The van der Waals surface area contributed by atoms with E-state index in [-0.39, 0.29) is 0 Å². The van der Waals surface area contributed by atoms with E-state index in [9.17, 15) is 0 Å². The molecular formula is C12H24Si. The van der Waals surface area contributed by atoms with Crippen LogP contribution in [0.3, 0.4) is 0 Å². The molecule has 0 nitrogen and oxygen atoms in total. The SMILES string of the molecule is CCCCC#C[Si](C)(C)C(C)(C)C. The number of rotatable bonds is 2. The zero-order valence-corrected chi connectivity index (χ0v) is 11.1. The van der Waals surface area contributed by atoms with Gasteiger partial charge in [-0.2, -0.15) is 0 Å². The van der Waals surface area contributed by atoms with Gasteiger partial charge in [0.1, 0.15) is 8.07 Å². The Morgan fingerprint density at radius 3 is 2.08 bits per heavy atom. The highest BCUT2D eigenvalue weighted by molar-refractivity contribution is 6.87.